The normalized spacial score (nSPS) is 17.2. The fourth-order valence-corrected chi connectivity index (χ4v) is 3.24. The Kier molecular flexibility index (Phi) is 9.30. The average molecular weight is 446 g/mol. The monoisotopic (exact) mass is 445 g/mol. The van der Waals surface area contributed by atoms with Crippen molar-refractivity contribution in [3.05, 3.63) is 90.4 Å². The van der Waals surface area contributed by atoms with Crippen LogP contribution in [0.15, 0.2) is 89.7 Å². The van der Waals surface area contributed by atoms with Crippen LogP contribution in [0.4, 0.5) is 5.95 Å². The molecular formula is C27H35N5O. The Bertz CT molecular complexity index is 1070. The van der Waals surface area contributed by atoms with Crippen LogP contribution in [0.1, 0.15) is 56.9 Å². The van der Waals surface area contributed by atoms with Gasteiger partial charge in [0.15, 0.2) is 0 Å². The molecule has 0 aliphatic heterocycles. The molecule has 1 amide bonds. The molecule has 1 fully saturated rings. The molecule has 0 atom stereocenters. The van der Waals surface area contributed by atoms with E-state index in [1.807, 2.05) is 56.4 Å². The zero-order valence-electron chi connectivity index (χ0n) is 19.9. The van der Waals surface area contributed by atoms with Crippen molar-refractivity contribution < 1.29 is 4.79 Å². The van der Waals surface area contributed by atoms with E-state index < -0.39 is 5.91 Å². The number of hydrogen-bond donors (Lipinski definition) is 2. The molecule has 1 saturated carbocycles. The molecule has 4 N–H and O–H groups in total. The lowest BCUT2D eigenvalue weighted by molar-refractivity contribution is 0.0994. The minimum atomic E-state index is -0.585. The van der Waals surface area contributed by atoms with Gasteiger partial charge in [-0.05, 0) is 62.3 Å². The Morgan fingerprint density at radius 1 is 1.27 bits per heavy atom. The van der Waals surface area contributed by atoms with Crippen LogP contribution < -0.4 is 11.5 Å². The van der Waals surface area contributed by atoms with Gasteiger partial charge in [-0.25, -0.2) is 9.98 Å². The third kappa shape index (κ3) is 6.99. The third-order valence-electron chi connectivity index (χ3n) is 5.65. The van der Waals surface area contributed by atoms with E-state index in [1.165, 1.54) is 6.20 Å². The van der Waals surface area contributed by atoms with Crippen molar-refractivity contribution in [1.82, 2.24) is 9.55 Å². The van der Waals surface area contributed by atoms with Crippen molar-refractivity contribution in [1.29, 1.82) is 0 Å². The van der Waals surface area contributed by atoms with E-state index in [0.717, 1.165) is 48.1 Å². The lowest BCUT2D eigenvalue weighted by Crippen LogP contribution is -2.47. The lowest BCUT2D eigenvalue weighted by Gasteiger charge is -2.39. The number of carbonyl (C=O) groups excluding carboxylic acids is 1. The molecule has 2 rings (SSSR count). The zero-order chi connectivity index (χ0) is 24.4. The van der Waals surface area contributed by atoms with E-state index in [1.54, 1.807) is 16.8 Å². The summed E-state index contributed by atoms with van der Waals surface area (Å²) in [5.41, 5.74) is 15.4. The Labute approximate surface area is 197 Å². The molecule has 1 heterocycles. The van der Waals surface area contributed by atoms with Gasteiger partial charge in [-0.15, -0.1) is 0 Å². The van der Waals surface area contributed by atoms with Crippen LogP contribution in [0.5, 0.6) is 0 Å². The number of nitrogens with zero attached hydrogens (tertiary/aromatic N) is 3. The molecule has 174 valence electrons. The molecule has 0 saturated heterocycles. The fourth-order valence-electron chi connectivity index (χ4n) is 3.24. The van der Waals surface area contributed by atoms with Gasteiger partial charge in [0, 0.05) is 17.5 Å². The number of amides is 1. The Morgan fingerprint density at radius 3 is 2.58 bits per heavy atom. The van der Waals surface area contributed by atoms with Gasteiger partial charge in [0.2, 0.25) is 5.95 Å². The standard InChI is InChI=1S/C27H35N5O/c1-6-8-9-10-12-20(3)15-18-32-24(25(28)33)19-30-26(32)31-22(5)21(4)13-14-23(7-2)27(29)16-11-17-27/h7-10,12-15,18-19H,2-3,6,11,16-17,29H2,1,4-5H3,(H2,28,33)/b9-8-,12-10-,18-15+,21-13+,23-14+,31-22+. The molecule has 0 unspecified atom stereocenters. The molecule has 6 heteroatoms. The van der Waals surface area contributed by atoms with Gasteiger partial charge in [-0.1, -0.05) is 62.6 Å². The number of allylic oxidation sites excluding steroid dienone is 9. The van der Waals surface area contributed by atoms with Crippen LogP contribution in [0, 0.1) is 0 Å². The van der Waals surface area contributed by atoms with Crippen LogP contribution >= 0.6 is 0 Å². The minimum Gasteiger partial charge on any atom is -0.364 e. The highest BCUT2D eigenvalue weighted by Crippen LogP contribution is 2.36. The summed E-state index contributed by atoms with van der Waals surface area (Å²) >= 11 is 0. The summed E-state index contributed by atoms with van der Waals surface area (Å²) in [5.74, 6) is -0.229. The van der Waals surface area contributed by atoms with Crippen molar-refractivity contribution >= 4 is 23.8 Å². The van der Waals surface area contributed by atoms with Crippen molar-refractivity contribution in [3.63, 3.8) is 0 Å². The van der Waals surface area contributed by atoms with E-state index in [0.29, 0.717) is 5.95 Å². The van der Waals surface area contributed by atoms with Gasteiger partial charge < -0.3 is 11.5 Å². The summed E-state index contributed by atoms with van der Waals surface area (Å²) in [6.45, 7) is 13.8. The quantitative estimate of drug-likeness (QED) is 0.344. The maximum atomic E-state index is 11.9. The Morgan fingerprint density at radius 2 is 2.00 bits per heavy atom. The fraction of sp³-hybridized carbons (Fsp3) is 0.296. The van der Waals surface area contributed by atoms with Crippen LogP contribution in [0.3, 0.4) is 0 Å². The molecule has 0 aromatic carbocycles. The van der Waals surface area contributed by atoms with Gasteiger partial charge in [0.05, 0.1) is 6.20 Å². The first kappa shape index (κ1) is 25.7. The first-order chi connectivity index (χ1) is 15.7. The van der Waals surface area contributed by atoms with Gasteiger partial charge >= 0.3 is 0 Å². The summed E-state index contributed by atoms with van der Waals surface area (Å²) in [5, 5.41) is 0. The molecule has 0 spiro atoms. The number of rotatable bonds is 11. The SMILES string of the molecule is C=C\C(=C/C=C(C)/C(C)=N/c1ncc(C(N)=O)n1/C=C/C(=C)/C=C\C=C/CC)C1(N)CCC1. The highest BCUT2D eigenvalue weighted by Gasteiger charge is 2.34. The number of nitrogens with two attached hydrogens (primary N) is 2. The molecule has 6 nitrogen and oxygen atoms in total. The van der Waals surface area contributed by atoms with Gasteiger partial charge in [-0.3, -0.25) is 9.36 Å². The zero-order valence-corrected chi connectivity index (χ0v) is 19.9. The highest BCUT2D eigenvalue weighted by molar-refractivity contribution is 5.99. The average Bonchev–Trinajstić information content (AvgIpc) is 3.16. The number of aromatic nitrogens is 2. The topological polar surface area (TPSA) is 99.3 Å². The number of hydrogen-bond acceptors (Lipinski definition) is 4. The van der Waals surface area contributed by atoms with Gasteiger partial charge in [0.1, 0.15) is 5.69 Å². The van der Waals surface area contributed by atoms with Crippen molar-refractivity contribution in [2.24, 2.45) is 16.5 Å². The van der Waals surface area contributed by atoms with E-state index in [2.05, 4.69) is 30.1 Å². The number of primary amides is 1. The largest absolute Gasteiger partial charge is 0.364 e. The number of imidazole rings is 1. The summed E-state index contributed by atoms with van der Waals surface area (Å²) in [6.07, 6.45) is 22.6. The van der Waals surface area contributed by atoms with E-state index in [-0.39, 0.29) is 11.2 Å². The maximum absolute atomic E-state index is 11.9. The van der Waals surface area contributed by atoms with E-state index in [4.69, 9.17) is 11.5 Å². The van der Waals surface area contributed by atoms with Crippen molar-refractivity contribution in [3.8, 4) is 0 Å². The molecule has 1 aliphatic rings. The first-order valence-corrected chi connectivity index (χ1v) is 11.1. The molecule has 1 aromatic heterocycles. The van der Waals surface area contributed by atoms with Crippen LogP contribution in [0.25, 0.3) is 6.20 Å². The Balaban J connectivity index is 2.30. The lowest BCUT2D eigenvalue weighted by atomic mass is 9.72. The summed E-state index contributed by atoms with van der Waals surface area (Å²) in [7, 11) is 0. The Hall–Kier alpha value is -3.51. The minimum absolute atomic E-state index is 0.242. The smallest absolute Gasteiger partial charge is 0.267 e. The van der Waals surface area contributed by atoms with Crippen molar-refractivity contribution in [2.45, 2.75) is 52.0 Å². The second-order valence-electron chi connectivity index (χ2n) is 8.15. The predicted molar refractivity (Wildman–Crippen MR) is 139 cm³/mol. The third-order valence-corrected chi connectivity index (χ3v) is 5.65. The molecule has 0 radical (unpaired) electrons. The van der Waals surface area contributed by atoms with Gasteiger partial charge in [-0.2, -0.15) is 0 Å². The van der Waals surface area contributed by atoms with E-state index in [9.17, 15) is 4.79 Å². The summed E-state index contributed by atoms with van der Waals surface area (Å²) in [4.78, 5) is 20.8. The molecule has 33 heavy (non-hydrogen) atoms. The number of aliphatic imine (C=N–C) groups is 1. The highest BCUT2D eigenvalue weighted by atomic mass is 16.1. The number of carbonyl (C=O) groups is 1. The van der Waals surface area contributed by atoms with Crippen LogP contribution in [-0.4, -0.2) is 26.7 Å². The first-order valence-electron chi connectivity index (χ1n) is 11.1. The molecule has 1 aliphatic carbocycles. The molecule has 0 bridgehead atoms. The van der Waals surface area contributed by atoms with Crippen LogP contribution in [-0.2, 0) is 0 Å². The van der Waals surface area contributed by atoms with Gasteiger partial charge in [0.25, 0.3) is 5.91 Å². The summed E-state index contributed by atoms with van der Waals surface area (Å²) < 4.78 is 1.56. The second-order valence-corrected chi connectivity index (χ2v) is 8.15. The van der Waals surface area contributed by atoms with E-state index >= 15 is 0 Å². The van der Waals surface area contributed by atoms with Crippen molar-refractivity contribution in [2.75, 3.05) is 0 Å². The molecule has 1 aromatic rings. The predicted octanol–water partition coefficient (Wildman–Crippen LogP) is 5.56. The maximum Gasteiger partial charge on any atom is 0.267 e. The second kappa shape index (κ2) is 11.9. The van der Waals surface area contributed by atoms with Crippen LogP contribution in [0.2, 0.25) is 0 Å². The summed E-state index contributed by atoms with van der Waals surface area (Å²) in [6, 6.07) is 0. The molecular weight excluding hydrogens is 410 g/mol.